The van der Waals surface area contributed by atoms with Gasteiger partial charge in [-0.15, -0.1) is 0 Å². The molecular weight excluding hydrogens is 458 g/mol. The average molecular weight is 480 g/mol. The molecule has 3 aromatic carbocycles. The molecule has 0 saturated carbocycles. The molecule has 0 aromatic heterocycles. The van der Waals surface area contributed by atoms with Crippen molar-refractivity contribution in [1.29, 1.82) is 0 Å². The summed E-state index contributed by atoms with van der Waals surface area (Å²) in [6.07, 6.45) is 0. The highest BCUT2D eigenvalue weighted by Crippen LogP contribution is 2.52. The highest BCUT2D eigenvalue weighted by molar-refractivity contribution is 7.80. The maximum absolute atomic E-state index is 13.8. The van der Waals surface area contributed by atoms with Gasteiger partial charge in [-0.25, -0.2) is 0 Å². The number of thiocarbonyl (C=S) groups is 1. The number of nitrogens with one attached hydrogen (secondary N) is 2. The third-order valence-electron chi connectivity index (χ3n) is 6.12. The van der Waals surface area contributed by atoms with Gasteiger partial charge in [0.1, 0.15) is 5.92 Å². The van der Waals surface area contributed by atoms with Crippen LogP contribution in [0.4, 0.5) is 11.4 Å². The van der Waals surface area contributed by atoms with E-state index in [1.165, 1.54) is 0 Å². The summed E-state index contributed by atoms with van der Waals surface area (Å²) in [4.78, 5) is 15.6. The highest BCUT2D eigenvalue weighted by Gasteiger charge is 2.59. The number of fused-ring (bicyclic) bond motifs is 4. The molecule has 0 radical (unpaired) electrons. The second-order valence-electron chi connectivity index (χ2n) is 8.11. The summed E-state index contributed by atoms with van der Waals surface area (Å²) in [7, 11) is 1.60. The summed E-state index contributed by atoms with van der Waals surface area (Å²) in [5, 5.41) is 7.50. The first kappa shape index (κ1) is 21.6. The van der Waals surface area contributed by atoms with Crippen LogP contribution in [0.25, 0.3) is 0 Å². The maximum Gasteiger partial charge on any atom is 0.236 e. The third-order valence-corrected chi connectivity index (χ3v) is 6.67. The fourth-order valence-electron chi connectivity index (χ4n) is 4.65. The van der Waals surface area contributed by atoms with Gasteiger partial charge in [0, 0.05) is 22.0 Å². The van der Waals surface area contributed by atoms with Crippen molar-refractivity contribution in [3.05, 3.63) is 83.4 Å². The van der Waals surface area contributed by atoms with Crippen molar-refractivity contribution in [3.63, 3.8) is 0 Å². The van der Waals surface area contributed by atoms with Gasteiger partial charge in [-0.2, -0.15) is 0 Å². The Morgan fingerprint density at radius 3 is 2.55 bits per heavy atom. The standard InChI is InChI=1S/C25H22ClN3O3S/c1-25-20(23(30)27-16-13-11-15(26)12-14-16)21(18-9-6-10-19(31-2)22(18)32-25)28-24(33)29(25)17-7-4-3-5-8-17/h3-14,20-21H,1-2H3,(H,27,30)(H,28,33)/t20-,21+,25-/m0/s1. The quantitative estimate of drug-likeness (QED) is 0.505. The number of carbonyl (C=O) groups excluding carboxylic acids is 1. The van der Waals surface area contributed by atoms with Crippen molar-refractivity contribution in [2.45, 2.75) is 18.7 Å². The number of carbonyl (C=O) groups is 1. The van der Waals surface area contributed by atoms with Crippen LogP contribution in [0, 0.1) is 5.92 Å². The molecule has 2 N–H and O–H groups in total. The number of hydrogen-bond acceptors (Lipinski definition) is 4. The Hall–Kier alpha value is -3.29. The smallest absolute Gasteiger partial charge is 0.236 e. The molecule has 1 saturated heterocycles. The normalized spacial score (nSPS) is 23.1. The van der Waals surface area contributed by atoms with Gasteiger partial charge in [0.25, 0.3) is 0 Å². The lowest BCUT2D eigenvalue weighted by Gasteiger charge is -2.56. The minimum absolute atomic E-state index is 0.200. The highest BCUT2D eigenvalue weighted by atomic mass is 35.5. The van der Waals surface area contributed by atoms with Gasteiger partial charge in [0.2, 0.25) is 5.91 Å². The van der Waals surface area contributed by atoms with Crippen molar-refractivity contribution < 1.29 is 14.3 Å². The number of para-hydroxylation sites is 2. The van der Waals surface area contributed by atoms with Gasteiger partial charge in [-0.05, 0) is 61.6 Å². The molecule has 8 heteroatoms. The predicted molar refractivity (Wildman–Crippen MR) is 133 cm³/mol. The molecule has 1 fully saturated rings. The van der Waals surface area contributed by atoms with E-state index in [-0.39, 0.29) is 5.91 Å². The SMILES string of the molecule is COc1cccc2c1O[C@@]1(C)[C@H](C(=O)Nc3ccc(Cl)cc3)[C@@H]2NC(=S)N1c1ccccc1. The van der Waals surface area contributed by atoms with Crippen LogP contribution in [-0.4, -0.2) is 23.9 Å². The summed E-state index contributed by atoms with van der Waals surface area (Å²) in [5.41, 5.74) is 1.17. The van der Waals surface area contributed by atoms with E-state index in [1.54, 1.807) is 31.4 Å². The first-order chi connectivity index (χ1) is 15.9. The fourth-order valence-corrected chi connectivity index (χ4v) is 5.19. The van der Waals surface area contributed by atoms with E-state index in [1.807, 2.05) is 60.4 Å². The molecule has 2 aliphatic heterocycles. The molecule has 2 aliphatic rings. The first-order valence-corrected chi connectivity index (χ1v) is 11.3. The van der Waals surface area contributed by atoms with Crippen LogP contribution in [-0.2, 0) is 4.79 Å². The number of ether oxygens (including phenoxy) is 2. The van der Waals surface area contributed by atoms with E-state index in [0.29, 0.717) is 27.3 Å². The number of amides is 1. The zero-order valence-corrected chi connectivity index (χ0v) is 19.6. The molecule has 3 aromatic rings. The van der Waals surface area contributed by atoms with Gasteiger partial charge in [-0.3, -0.25) is 9.69 Å². The van der Waals surface area contributed by atoms with E-state index in [4.69, 9.17) is 33.3 Å². The zero-order valence-electron chi connectivity index (χ0n) is 18.0. The molecular formula is C25H22ClN3O3S. The second-order valence-corrected chi connectivity index (χ2v) is 8.93. The molecule has 0 unspecified atom stereocenters. The molecule has 5 rings (SSSR count). The molecule has 33 heavy (non-hydrogen) atoms. The topological polar surface area (TPSA) is 62.8 Å². The molecule has 6 nitrogen and oxygen atoms in total. The third kappa shape index (κ3) is 3.57. The van der Waals surface area contributed by atoms with E-state index in [0.717, 1.165) is 11.3 Å². The van der Waals surface area contributed by atoms with Crippen LogP contribution in [0.3, 0.4) is 0 Å². The minimum atomic E-state index is -1.12. The number of nitrogens with zero attached hydrogens (tertiary/aromatic N) is 1. The largest absolute Gasteiger partial charge is 0.493 e. The lowest BCUT2D eigenvalue weighted by molar-refractivity contribution is -0.130. The van der Waals surface area contributed by atoms with Crippen LogP contribution < -0.4 is 25.0 Å². The van der Waals surface area contributed by atoms with Crippen LogP contribution >= 0.6 is 23.8 Å². The summed E-state index contributed by atoms with van der Waals surface area (Å²) < 4.78 is 12.2. The average Bonchev–Trinajstić information content (AvgIpc) is 2.80. The van der Waals surface area contributed by atoms with Crippen molar-refractivity contribution in [1.82, 2.24) is 5.32 Å². The maximum atomic E-state index is 13.8. The predicted octanol–water partition coefficient (Wildman–Crippen LogP) is 5.15. The lowest BCUT2D eigenvalue weighted by atomic mass is 9.78. The van der Waals surface area contributed by atoms with Crippen molar-refractivity contribution >= 4 is 46.2 Å². The van der Waals surface area contributed by atoms with E-state index >= 15 is 0 Å². The molecule has 3 atom stereocenters. The molecule has 0 aliphatic carbocycles. The number of anilines is 2. The Morgan fingerprint density at radius 2 is 1.85 bits per heavy atom. The number of halogens is 1. The molecule has 168 valence electrons. The molecule has 0 spiro atoms. The molecule has 1 amide bonds. The molecule has 2 bridgehead atoms. The van der Waals surface area contributed by atoms with Gasteiger partial charge < -0.3 is 20.1 Å². The van der Waals surface area contributed by atoms with Crippen LogP contribution in [0.5, 0.6) is 11.5 Å². The van der Waals surface area contributed by atoms with Crippen LogP contribution in [0.15, 0.2) is 72.8 Å². The summed E-state index contributed by atoms with van der Waals surface area (Å²) in [6, 6.07) is 21.9. The Balaban J connectivity index is 1.64. The Bertz CT molecular complexity index is 1220. The van der Waals surface area contributed by atoms with Gasteiger partial charge >= 0.3 is 0 Å². The zero-order chi connectivity index (χ0) is 23.2. The monoisotopic (exact) mass is 479 g/mol. The van der Waals surface area contributed by atoms with E-state index in [9.17, 15) is 4.79 Å². The summed E-state index contributed by atoms with van der Waals surface area (Å²) in [6.45, 7) is 1.89. The van der Waals surface area contributed by atoms with Crippen molar-refractivity contribution in [2.75, 3.05) is 17.3 Å². The van der Waals surface area contributed by atoms with E-state index < -0.39 is 17.7 Å². The van der Waals surface area contributed by atoms with E-state index in [2.05, 4.69) is 10.6 Å². The number of hydrogen-bond donors (Lipinski definition) is 2. The second kappa shape index (κ2) is 8.24. The Morgan fingerprint density at radius 1 is 1.12 bits per heavy atom. The van der Waals surface area contributed by atoms with Crippen LogP contribution in [0.1, 0.15) is 18.5 Å². The van der Waals surface area contributed by atoms with Gasteiger partial charge in [0.15, 0.2) is 22.3 Å². The number of methoxy groups -OCH3 is 1. The Labute approximate surface area is 202 Å². The van der Waals surface area contributed by atoms with Crippen LogP contribution in [0.2, 0.25) is 5.02 Å². The minimum Gasteiger partial charge on any atom is -0.493 e. The number of benzene rings is 3. The fraction of sp³-hybridized carbons (Fsp3) is 0.200. The van der Waals surface area contributed by atoms with Crippen molar-refractivity contribution in [2.24, 2.45) is 5.92 Å². The number of rotatable bonds is 4. The summed E-state index contributed by atoms with van der Waals surface area (Å²) in [5.74, 6) is 0.357. The van der Waals surface area contributed by atoms with Gasteiger partial charge in [-0.1, -0.05) is 41.9 Å². The van der Waals surface area contributed by atoms with Crippen molar-refractivity contribution in [3.8, 4) is 11.5 Å². The first-order valence-electron chi connectivity index (χ1n) is 10.5. The summed E-state index contributed by atoms with van der Waals surface area (Å²) >= 11 is 11.8. The Kier molecular flexibility index (Phi) is 5.38. The lowest BCUT2D eigenvalue weighted by Crippen LogP contribution is -2.72. The molecule has 2 heterocycles. The van der Waals surface area contributed by atoms with Gasteiger partial charge in [0.05, 0.1) is 13.2 Å².